The summed E-state index contributed by atoms with van der Waals surface area (Å²) in [6.45, 7) is 3.40. The van der Waals surface area contributed by atoms with Crippen LogP contribution in [0.3, 0.4) is 0 Å². The smallest absolute Gasteiger partial charge is 0.323 e. The average molecular weight is 264 g/mol. The Morgan fingerprint density at radius 2 is 2.00 bits per heavy atom. The van der Waals surface area contributed by atoms with Crippen LogP contribution >= 0.6 is 0 Å². The van der Waals surface area contributed by atoms with E-state index in [9.17, 15) is 13.2 Å². The van der Waals surface area contributed by atoms with Crippen molar-refractivity contribution in [2.45, 2.75) is 25.0 Å². The number of hydrogen-bond donors (Lipinski definition) is 2. The lowest BCUT2D eigenvalue weighted by molar-refractivity contribution is -0.136. The summed E-state index contributed by atoms with van der Waals surface area (Å²) >= 11 is 0. The highest BCUT2D eigenvalue weighted by Crippen LogP contribution is 2.16. The molecule has 1 heterocycles. The van der Waals surface area contributed by atoms with E-state index in [-0.39, 0.29) is 0 Å². The van der Waals surface area contributed by atoms with E-state index >= 15 is 0 Å². The molecule has 0 spiro atoms. The second-order valence-electron chi connectivity index (χ2n) is 4.50. The SMILES string of the molecule is CC(C(=O)O)S(=O)(=O)N(C)CC1CCNCC1. The second kappa shape index (κ2) is 5.79. The highest BCUT2D eigenvalue weighted by atomic mass is 32.2. The monoisotopic (exact) mass is 264 g/mol. The molecular weight excluding hydrogens is 244 g/mol. The Morgan fingerprint density at radius 1 is 1.47 bits per heavy atom. The van der Waals surface area contributed by atoms with Gasteiger partial charge in [0.15, 0.2) is 5.25 Å². The van der Waals surface area contributed by atoms with Crippen molar-refractivity contribution in [1.29, 1.82) is 0 Å². The van der Waals surface area contributed by atoms with E-state index in [0.29, 0.717) is 12.5 Å². The van der Waals surface area contributed by atoms with Crippen LogP contribution in [0.4, 0.5) is 0 Å². The minimum Gasteiger partial charge on any atom is -0.480 e. The van der Waals surface area contributed by atoms with Crippen molar-refractivity contribution < 1.29 is 18.3 Å². The molecule has 0 aromatic heterocycles. The standard InChI is InChI=1S/C10H20N2O4S/c1-8(10(13)14)17(15,16)12(2)7-9-3-5-11-6-4-9/h8-9,11H,3-7H2,1-2H3,(H,13,14). The topological polar surface area (TPSA) is 86.7 Å². The molecule has 0 saturated carbocycles. The van der Waals surface area contributed by atoms with Crippen LogP contribution in [0.15, 0.2) is 0 Å². The van der Waals surface area contributed by atoms with E-state index < -0.39 is 21.2 Å². The van der Waals surface area contributed by atoms with Crippen molar-refractivity contribution in [1.82, 2.24) is 9.62 Å². The molecule has 17 heavy (non-hydrogen) atoms. The first-order chi connectivity index (χ1) is 7.85. The summed E-state index contributed by atoms with van der Waals surface area (Å²) in [5.41, 5.74) is 0. The first-order valence-corrected chi connectivity index (χ1v) is 7.24. The Kier molecular flexibility index (Phi) is 4.91. The van der Waals surface area contributed by atoms with Gasteiger partial charge in [-0.2, -0.15) is 0 Å². The Labute approximate surface area is 102 Å². The number of carbonyl (C=O) groups is 1. The van der Waals surface area contributed by atoms with Crippen LogP contribution in [0.25, 0.3) is 0 Å². The van der Waals surface area contributed by atoms with Gasteiger partial charge in [-0.05, 0) is 38.8 Å². The lowest BCUT2D eigenvalue weighted by Gasteiger charge is -2.28. The molecule has 0 radical (unpaired) electrons. The number of rotatable bonds is 5. The summed E-state index contributed by atoms with van der Waals surface area (Å²) in [6.07, 6.45) is 1.86. The van der Waals surface area contributed by atoms with Crippen LogP contribution in [-0.2, 0) is 14.8 Å². The molecule has 0 bridgehead atoms. The van der Waals surface area contributed by atoms with E-state index in [1.807, 2.05) is 0 Å². The van der Waals surface area contributed by atoms with Gasteiger partial charge in [0.05, 0.1) is 0 Å². The summed E-state index contributed by atoms with van der Waals surface area (Å²) in [5.74, 6) is -0.987. The molecule has 2 N–H and O–H groups in total. The van der Waals surface area contributed by atoms with E-state index in [2.05, 4.69) is 5.32 Å². The van der Waals surface area contributed by atoms with Crippen molar-refractivity contribution in [2.75, 3.05) is 26.7 Å². The van der Waals surface area contributed by atoms with Crippen LogP contribution in [-0.4, -0.2) is 55.7 Å². The molecule has 0 aromatic rings. The zero-order valence-corrected chi connectivity index (χ0v) is 11.0. The molecule has 1 fully saturated rings. The third-order valence-corrected chi connectivity index (χ3v) is 5.32. The summed E-state index contributed by atoms with van der Waals surface area (Å²) < 4.78 is 24.9. The molecule has 1 aliphatic heterocycles. The fraction of sp³-hybridized carbons (Fsp3) is 0.900. The first kappa shape index (κ1) is 14.4. The summed E-state index contributed by atoms with van der Waals surface area (Å²) in [6, 6.07) is 0. The summed E-state index contributed by atoms with van der Waals surface area (Å²) in [5, 5.41) is 10.6. The number of hydrogen-bond acceptors (Lipinski definition) is 4. The van der Waals surface area contributed by atoms with Gasteiger partial charge in [-0.3, -0.25) is 4.79 Å². The molecule has 100 valence electrons. The molecule has 1 rings (SSSR count). The molecule has 1 unspecified atom stereocenters. The lowest BCUT2D eigenvalue weighted by Crippen LogP contribution is -2.42. The quantitative estimate of drug-likeness (QED) is 0.713. The molecule has 0 amide bonds. The van der Waals surface area contributed by atoms with E-state index in [1.165, 1.54) is 18.3 Å². The summed E-state index contributed by atoms with van der Waals surface area (Å²) in [4.78, 5) is 10.7. The minimum atomic E-state index is -3.72. The van der Waals surface area contributed by atoms with Gasteiger partial charge < -0.3 is 10.4 Å². The van der Waals surface area contributed by atoms with Gasteiger partial charge in [-0.1, -0.05) is 0 Å². The molecule has 7 heteroatoms. The van der Waals surface area contributed by atoms with Crippen molar-refractivity contribution >= 4 is 16.0 Å². The maximum absolute atomic E-state index is 11.9. The van der Waals surface area contributed by atoms with Crippen LogP contribution in [0.5, 0.6) is 0 Å². The van der Waals surface area contributed by atoms with Gasteiger partial charge in [-0.15, -0.1) is 0 Å². The Balaban J connectivity index is 2.62. The molecule has 1 aliphatic rings. The maximum Gasteiger partial charge on any atom is 0.323 e. The number of aliphatic carboxylic acids is 1. The van der Waals surface area contributed by atoms with Crippen LogP contribution in [0.2, 0.25) is 0 Å². The number of sulfonamides is 1. The zero-order valence-electron chi connectivity index (χ0n) is 10.2. The van der Waals surface area contributed by atoms with Crippen molar-refractivity contribution in [3.8, 4) is 0 Å². The second-order valence-corrected chi connectivity index (χ2v) is 6.86. The number of nitrogens with zero attached hydrogens (tertiary/aromatic N) is 1. The highest BCUT2D eigenvalue weighted by molar-refractivity contribution is 7.90. The molecule has 0 aromatic carbocycles. The fourth-order valence-corrected chi connectivity index (χ4v) is 3.14. The zero-order chi connectivity index (χ0) is 13.1. The number of piperidine rings is 1. The average Bonchev–Trinajstić information content (AvgIpc) is 2.29. The number of nitrogens with one attached hydrogen (secondary N) is 1. The van der Waals surface area contributed by atoms with Gasteiger partial charge in [-0.25, -0.2) is 12.7 Å². The van der Waals surface area contributed by atoms with Crippen LogP contribution < -0.4 is 5.32 Å². The number of carboxylic acids is 1. The lowest BCUT2D eigenvalue weighted by atomic mass is 9.98. The normalized spacial score (nSPS) is 20.4. The van der Waals surface area contributed by atoms with Crippen LogP contribution in [0.1, 0.15) is 19.8 Å². The first-order valence-electron chi connectivity index (χ1n) is 5.74. The third kappa shape index (κ3) is 3.65. The molecular formula is C10H20N2O4S. The minimum absolute atomic E-state index is 0.317. The maximum atomic E-state index is 11.9. The largest absolute Gasteiger partial charge is 0.480 e. The molecule has 1 saturated heterocycles. The highest BCUT2D eigenvalue weighted by Gasteiger charge is 2.32. The van der Waals surface area contributed by atoms with Gasteiger partial charge >= 0.3 is 5.97 Å². The van der Waals surface area contributed by atoms with Crippen molar-refractivity contribution in [3.05, 3.63) is 0 Å². The van der Waals surface area contributed by atoms with E-state index in [4.69, 9.17) is 5.11 Å². The van der Waals surface area contributed by atoms with Gasteiger partial charge in [0, 0.05) is 13.6 Å². The Morgan fingerprint density at radius 3 is 2.47 bits per heavy atom. The van der Waals surface area contributed by atoms with Crippen LogP contribution in [0, 0.1) is 5.92 Å². The Bertz CT molecular complexity index is 363. The molecule has 1 atom stereocenters. The van der Waals surface area contributed by atoms with Crippen molar-refractivity contribution in [2.24, 2.45) is 5.92 Å². The predicted molar refractivity (Wildman–Crippen MR) is 64.2 cm³/mol. The van der Waals surface area contributed by atoms with E-state index in [0.717, 1.165) is 25.9 Å². The van der Waals surface area contributed by atoms with Gasteiger partial charge in [0.2, 0.25) is 10.0 Å². The number of carboxylic acid groups (broad SMARTS) is 1. The fourth-order valence-electron chi connectivity index (χ4n) is 1.93. The predicted octanol–water partition coefficient (Wildman–Crippen LogP) is -0.279. The third-order valence-electron chi connectivity index (χ3n) is 3.20. The molecule has 0 aliphatic carbocycles. The molecule has 6 nitrogen and oxygen atoms in total. The van der Waals surface area contributed by atoms with E-state index in [1.54, 1.807) is 0 Å². The summed E-state index contributed by atoms with van der Waals surface area (Å²) in [7, 11) is -2.27. The van der Waals surface area contributed by atoms with Gasteiger partial charge in [0.25, 0.3) is 0 Å². The Hall–Kier alpha value is -0.660. The van der Waals surface area contributed by atoms with Crippen molar-refractivity contribution in [3.63, 3.8) is 0 Å². The van der Waals surface area contributed by atoms with Gasteiger partial charge in [0.1, 0.15) is 0 Å².